The summed E-state index contributed by atoms with van der Waals surface area (Å²) < 4.78 is 20.7. The van der Waals surface area contributed by atoms with Gasteiger partial charge in [0.2, 0.25) is 5.95 Å². The van der Waals surface area contributed by atoms with E-state index in [2.05, 4.69) is 36.7 Å². The first kappa shape index (κ1) is 18.6. The topological polar surface area (TPSA) is 72.9 Å². The number of thioether (sulfide) groups is 1. The summed E-state index contributed by atoms with van der Waals surface area (Å²) in [6.45, 7) is 4.40. The van der Waals surface area contributed by atoms with Gasteiger partial charge in [0.1, 0.15) is 5.82 Å². The maximum Gasteiger partial charge on any atom is 0.257 e. The number of halogens is 1. The normalized spacial score (nSPS) is 17.8. The van der Waals surface area contributed by atoms with Crippen LogP contribution in [-0.2, 0) is 5.75 Å². The average Bonchev–Trinajstić information content (AvgIpc) is 3.30. The number of rotatable bonds is 6. The summed E-state index contributed by atoms with van der Waals surface area (Å²) in [5, 5.41) is 14.0. The van der Waals surface area contributed by atoms with Gasteiger partial charge in [-0.2, -0.15) is 4.98 Å². The molecule has 0 bridgehead atoms. The van der Waals surface area contributed by atoms with E-state index in [1.807, 2.05) is 0 Å². The van der Waals surface area contributed by atoms with Gasteiger partial charge in [-0.25, -0.2) is 4.39 Å². The lowest BCUT2D eigenvalue weighted by Crippen LogP contribution is -2.34. The number of hydrogen-bond acceptors (Lipinski definition) is 7. The fourth-order valence-electron chi connectivity index (χ4n) is 3.60. The monoisotopic (exact) mass is 414 g/mol. The van der Waals surface area contributed by atoms with Gasteiger partial charge in [0.25, 0.3) is 5.89 Å². The first-order valence-electron chi connectivity index (χ1n) is 10.1. The maximum atomic E-state index is 13.1. The molecule has 29 heavy (non-hydrogen) atoms. The number of hydrogen-bond donors (Lipinski definition) is 0. The highest BCUT2D eigenvalue weighted by Gasteiger charge is 2.32. The minimum atomic E-state index is -0.289. The largest absolute Gasteiger partial charge is 0.341 e. The van der Waals surface area contributed by atoms with Gasteiger partial charge >= 0.3 is 0 Å². The Morgan fingerprint density at radius 2 is 1.86 bits per heavy atom. The summed E-state index contributed by atoms with van der Waals surface area (Å²) in [4.78, 5) is 6.80. The molecule has 2 aromatic heterocycles. The second-order valence-electron chi connectivity index (χ2n) is 7.86. The fourth-order valence-corrected chi connectivity index (χ4v) is 4.44. The average molecular weight is 415 g/mol. The number of aromatic nitrogens is 5. The predicted octanol–water partition coefficient (Wildman–Crippen LogP) is 4.33. The summed E-state index contributed by atoms with van der Waals surface area (Å²) in [7, 11) is 0. The standard InChI is InChI=1S/C20H23FN6OS/c1-13-8-10-26(11-9-13)19-23-24-20(27(19)16-6-7-16)29-12-17-22-18(28-25-17)14-2-4-15(21)5-3-14/h2-5,13,16H,6-12H2,1H3. The fraction of sp³-hybridized carbons (Fsp3) is 0.500. The molecule has 0 unspecified atom stereocenters. The van der Waals surface area contributed by atoms with Crippen molar-refractivity contribution in [1.82, 2.24) is 24.9 Å². The molecule has 1 saturated carbocycles. The van der Waals surface area contributed by atoms with E-state index in [1.165, 1.54) is 37.8 Å². The number of anilines is 1. The summed E-state index contributed by atoms with van der Waals surface area (Å²) in [5.74, 6) is 3.03. The molecular formula is C20H23FN6OS. The van der Waals surface area contributed by atoms with Crippen LogP contribution in [0.3, 0.4) is 0 Å². The summed E-state index contributed by atoms with van der Waals surface area (Å²) >= 11 is 1.58. The molecule has 0 spiro atoms. The third kappa shape index (κ3) is 4.01. The van der Waals surface area contributed by atoms with Gasteiger partial charge in [0.15, 0.2) is 11.0 Å². The Morgan fingerprint density at radius 1 is 1.10 bits per heavy atom. The third-order valence-electron chi connectivity index (χ3n) is 5.51. The lowest BCUT2D eigenvalue weighted by Gasteiger charge is -2.31. The molecule has 152 valence electrons. The summed E-state index contributed by atoms with van der Waals surface area (Å²) in [6.07, 6.45) is 4.77. The van der Waals surface area contributed by atoms with E-state index in [-0.39, 0.29) is 5.82 Å². The third-order valence-corrected chi connectivity index (χ3v) is 6.45. The van der Waals surface area contributed by atoms with Crippen LogP contribution in [-0.4, -0.2) is 38.0 Å². The molecule has 1 saturated heterocycles. The Hall–Kier alpha value is -2.42. The SMILES string of the molecule is CC1CCN(c2nnc(SCc3noc(-c4ccc(F)cc4)n3)n2C2CC2)CC1. The van der Waals surface area contributed by atoms with Gasteiger partial charge in [-0.1, -0.05) is 23.8 Å². The molecule has 1 aromatic carbocycles. The maximum absolute atomic E-state index is 13.1. The highest BCUT2D eigenvalue weighted by atomic mass is 32.2. The van der Waals surface area contributed by atoms with Crippen molar-refractivity contribution < 1.29 is 8.91 Å². The van der Waals surface area contributed by atoms with Gasteiger partial charge in [0, 0.05) is 24.7 Å². The van der Waals surface area contributed by atoms with Crippen LogP contribution in [0.4, 0.5) is 10.3 Å². The molecule has 1 aliphatic heterocycles. The van der Waals surface area contributed by atoms with Crippen LogP contribution in [0.25, 0.3) is 11.5 Å². The van der Waals surface area contributed by atoms with Crippen molar-refractivity contribution in [2.24, 2.45) is 5.92 Å². The van der Waals surface area contributed by atoms with Gasteiger partial charge in [-0.3, -0.25) is 4.57 Å². The van der Waals surface area contributed by atoms with E-state index in [0.29, 0.717) is 29.1 Å². The number of nitrogens with zero attached hydrogens (tertiary/aromatic N) is 6. The van der Waals surface area contributed by atoms with Crippen molar-refractivity contribution in [3.63, 3.8) is 0 Å². The van der Waals surface area contributed by atoms with E-state index in [1.54, 1.807) is 23.9 Å². The van der Waals surface area contributed by atoms with E-state index in [4.69, 9.17) is 4.52 Å². The molecule has 3 aromatic rings. The summed E-state index contributed by atoms with van der Waals surface area (Å²) in [6, 6.07) is 6.54. The van der Waals surface area contributed by atoms with E-state index >= 15 is 0 Å². The van der Waals surface area contributed by atoms with Crippen molar-refractivity contribution in [3.05, 3.63) is 35.9 Å². The lowest BCUT2D eigenvalue weighted by atomic mass is 10.00. The van der Waals surface area contributed by atoms with E-state index in [0.717, 1.165) is 30.1 Å². The lowest BCUT2D eigenvalue weighted by molar-refractivity contribution is 0.425. The van der Waals surface area contributed by atoms with Crippen LogP contribution in [0, 0.1) is 11.7 Å². The van der Waals surface area contributed by atoms with Crippen molar-refractivity contribution in [3.8, 4) is 11.5 Å². The van der Waals surface area contributed by atoms with E-state index in [9.17, 15) is 4.39 Å². The van der Waals surface area contributed by atoms with Crippen molar-refractivity contribution in [2.45, 2.75) is 49.6 Å². The molecule has 2 aliphatic rings. The molecule has 7 nitrogen and oxygen atoms in total. The second kappa shape index (κ2) is 7.78. The minimum absolute atomic E-state index is 0.289. The van der Waals surface area contributed by atoms with Crippen LogP contribution in [0.15, 0.2) is 33.9 Å². The van der Waals surface area contributed by atoms with Crippen LogP contribution < -0.4 is 4.90 Å². The first-order chi connectivity index (χ1) is 14.2. The van der Waals surface area contributed by atoms with E-state index < -0.39 is 0 Å². The molecule has 0 N–H and O–H groups in total. The minimum Gasteiger partial charge on any atom is -0.341 e. The van der Waals surface area contributed by atoms with Gasteiger partial charge in [-0.15, -0.1) is 10.2 Å². The van der Waals surface area contributed by atoms with Crippen LogP contribution in [0.2, 0.25) is 0 Å². The highest BCUT2D eigenvalue weighted by molar-refractivity contribution is 7.98. The Kier molecular flexibility index (Phi) is 4.99. The zero-order valence-corrected chi connectivity index (χ0v) is 17.1. The number of piperidine rings is 1. The molecule has 0 atom stereocenters. The Morgan fingerprint density at radius 3 is 2.59 bits per heavy atom. The smallest absolute Gasteiger partial charge is 0.257 e. The van der Waals surface area contributed by atoms with Crippen molar-refractivity contribution >= 4 is 17.7 Å². The van der Waals surface area contributed by atoms with Crippen molar-refractivity contribution in [2.75, 3.05) is 18.0 Å². The van der Waals surface area contributed by atoms with Gasteiger partial charge < -0.3 is 9.42 Å². The molecule has 2 fully saturated rings. The molecule has 1 aliphatic carbocycles. The Bertz CT molecular complexity index is 975. The molecule has 0 amide bonds. The Labute approximate surface area is 172 Å². The molecule has 0 radical (unpaired) electrons. The zero-order chi connectivity index (χ0) is 19.8. The highest BCUT2D eigenvalue weighted by Crippen LogP contribution is 2.41. The molecule has 5 rings (SSSR count). The van der Waals surface area contributed by atoms with Crippen LogP contribution in [0.5, 0.6) is 0 Å². The Balaban J connectivity index is 1.29. The summed E-state index contributed by atoms with van der Waals surface area (Å²) in [5.41, 5.74) is 0.706. The molecule has 9 heteroatoms. The number of benzene rings is 1. The zero-order valence-electron chi connectivity index (χ0n) is 16.3. The van der Waals surface area contributed by atoms with Crippen LogP contribution >= 0.6 is 11.8 Å². The first-order valence-corrected chi connectivity index (χ1v) is 11.1. The van der Waals surface area contributed by atoms with Gasteiger partial charge in [-0.05, 0) is 55.9 Å². The van der Waals surface area contributed by atoms with Gasteiger partial charge in [0.05, 0.1) is 5.75 Å². The van der Waals surface area contributed by atoms with Crippen LogP contribution in [0.1, 0.15) is 44.5 Å². The predicted molar refractivity (Wildman–Crippen MR) is 108 cm³/mol. The van der Waals surface area contributed by atoms with Crippen molar-refractivity contribution in [1.29, 1.82) is 0 Å². The molecular weight excluding hydrogens is 391 g/mol. The second-order valence-corrected chi connectivity index (χ2v) is 8.81. The quantitative estimate of drug-likeness (QED) is 0.556. The molecule has 3 heterocycles.